The number of ether oxygens (including phenoxy) is 1. The average Bonchev–Trinajstić information content (AvgIpc) is 2.90. The van der Waals surface area contributed by atoms with E-state index < -0.39 is 11.6 Å². The number of nitrogens with one attached hydrogen (secondary N) is 1. The van der Waals surface area contributed by atoms with Gasteiger partial charge >= 0.3 is 6.09 Å². The highest BCUT2D eigenvalue weighted by atomic mass is 32.2. The highest BCUT2D eigenvalue weighted by Crippen LogP contribution is 2.53. The van der Waals surface area contributed by atoms with E-state index >= 15 is 0 Å². The molecule has 7 heteroatoms. The van der Waals surface area contributed by atoms with Gasteiger partial charge in [0.2, 0.25) is 0 Å². The van der Waals surface area contributed by atoms with Crippen LogP contribution in [0.5, 0.6) is 5.75 Å². The topological polar surface area (TPSA) is 96.9 Å². The molecule has 1 aromatic carbocycles. The zero-order valence-corrected chi connectivity index (χ0v) is 13.2. The predicted octanol–water partition coefficient (Wildman–Crippen LogP) is 2.64. The van der Waals surface area contributed by atoms with E-state index in [-0.39, 0.29) is 0 Å². The number of nitrogens with two attached hydrogens (primary N) is 1. The molecule has 1 aromatic rings. The Hall–Kier alpha value is -1.89. The normalized spacial score (nSPS) is 27.0. The minimum atomic E-state index is -1.09. The van der Waals surface area contributed by atoms with Crippen LogP contribution in [0.4, 0.5) is 10.5 Å². The van der Waals surface area contributed by atoms with Crippen LogP contribution in [0.15, 0.2) is 23.2 Å². The molecule has 2 aliphatic rings. The second kappa shape index (κ2) is 5.72. The maximum absolute atomic E-state index is 10.9. The molecule has 1 aliphatic heterocycles. The van der Waals surface area contributed by atoms with Crippen molar-refractivity contribution in [3.63, 3.8) is 0 Å². The molecule has 0 saturated heterocycles. The highest BCUT2D eigenvalue weighted by molar-refractivity contribution is 8.13. The molecular weight excluding hydrogens is 302 g/mol. The lowest BCUT2D eigenvalue weighted by Crippen LogP contribution is -2.39. The van der Waals surface area contributed by atoms with Crippen molar-refractivity contribution < 1.29 is 14.6 Å². The lowest BCUT2D eigenvalue weighted by molar-refractivity contribution is 0.200. The number of anilines is 1. The first kappa shape index (κ1) is 15.0. The molecule has 6 nitrogen and oxygen atoms in total. The molecule has 1 amide bonds. The molecular formula is C15H19N3O3S. The third-order valence-electron chi connectivity index (χ3n) is 4.41. The van der Waals surface area contributed by atoms with Crippen molar-refractivity contribution >= 4 is 28.7 Å². The van der Waals surface area contributed by atoms with Gasteiger partial charge in [0.25, 0.3) is 0 Å². The van der Waals surface area contributed by atoms with Crippen LogP contribution in [0.2, 0.25) is 0 Å². The molecule has 4 N–H and O–H groups in total. The largest absolute Gasteiger partial charge is 0.496 e. The van der Waals surface area contributed by atoms with Crippen LogP contribution in [-0.4, -0.2) is 29.2 Å². The molecule has 0 bridgehead atoms. The smallest absolute Gasteiger partial charge is 0.410 e. The lowest BCUT2D eigenvalue weighted by Gasteiger charge is -2.37. The second-order valence-electron chi connectivity index (χ2n) is 5.63. The van der Waals surface area contributed by atoms with E-state index in [1.165, 1.54) is 11.8 Å². The van der Waals surface area contributed by atoms with Gasteiger partial charge in [0.05, 0.1) is 12.6 Å². The third kappa shape index (κ3) is 2.49. The summed E-state index contributed by atoms with van der Waals surface area (Å²) in [5.41, 5.74) is 7.15. The first-order chi connectivity index (χ1) is 10.5. The van der Waals surface area contributed by atoms with Crippen LogP contribution < -0.4 is 15.8 Å². The lowest BCUT2D eigenvalue weighted by atomic mass is 9.81. The molecule has 118 valence electrons. The van der Waals surface area contributed by atoms with Crippen LogP contribution in [0.25, 0.3) is 0 Å². The zero-order valence-electron chi connectivity index (χ0n) is 12.3. The fourth-order valence-electron chi connectivity index (χ4n) is 3.46. The van der Waals surface area contributed by atoms with Gasteiger partial charge in [-0.15, -0.1) is 0 Å². The Labute approximate surface area is 133 Å². The standard InChI is InChI=1S/C15H19N3O3S/c1-21-12-5-4-10(16)7-11(12)15-6-2-3-9(15)8-22-13(18-15)17-14(19)20/h4-5,7,9H,2-3,6,8,16H2,1H3,(H,17,18)(H,19,20). The number of amides is 1. The molecule has 0 radical (unpaired) electrons. The number of fused-ring (bicyclic) bond motifs is 1. The molecule has 0 aromatic heterocycles. The van der Waals surface area contributed by atoms with Crippen molar-refractivity contribution in [1.29, 1.82) is 0 Å². The Morgan fingerprint density at radius 3 is 3.14 bits per heavy atom. The summed E-state index contributed by atoms with van der Waals surface area (Å²) in [5, 5.41) is 11.8. The number of rotatable bonds is 2. The maximum Gasteiger partial charge on any atom is 0.410 e. The molecule has 2 atom stereocenters. The molecule has 3 rings (SSSR count). The summed E-state index contributed by atoms with van der Waals surface area (Å²) in [6.45, 7) is 0. The van der Waals surface area contributed by atoms with Gasteiger partial charge in [-0.25, -0.2) is 4.79 Å². The van der Waals surface area contributed by atoms with Gasteiger partial charge in [-0.05, 0) is 37.0 Å². The van der Waals surface area contributed by atoms with Crippen LogP contribution in [0.1, 0.15) is 24.8 Å². The number of amidine groups is 1. The first-order valence-electron chi connectivity index (χ1n) is 7.22. The van der Waals surface area contributed by atoms with E-state index in [1.54, 1.807) is 13.2 Å². The zero-order chi connectivity index (χ0) is 15.7. The van der Waals surface area contributed by atoms with Gasteiger partial charge in [-0.2, -0.15) is 0 Å². The van der Waals surface area contributed by atoms with Crippen molar-refractivity contribution in [2.45, 2.75) is 24.8 Å². The van der Waals surface area contributed by atoms with E-state index in [1.807, 2.05) is 12.1 Å². The Bertz CT molecular complexity index is 634. The van der Waals surface area contributed by atoms with Gasteiger partial charge in [-0.1, -0.05) is 18.2 Å². The van der Waals surface area contributed by atoms with Crippen LogP contribution in [0, 0.1) is 5.92 Å². The number of nitrogens with zero attached hydrogens (tertiary/aromatic N) is 1. The number of carbonyl (C=O) groups is 1. The van der Waals surface area contributed by atoms with Gasteiger partial charge in [0.1, 0.15) is 5.75 Å². The summed E-state index contributed by atoms with van der Waals surface area (Å²) in [5.74, 6) is 1.97. The average molecular weight is 321 g/mol. The summed E-state index contributed by atoms with van der Waals surface area (Å²) in [6.07, 6.45) is 1.93. The molecule has 1 heterocycles. The van der Waals surface area contributed by atoms with Crippen molar-refractivity contribution in [3.8, 4) is 5.75 Å². The molecule has 1 saturated carbocycles. The number of benzene rings is 1. The summed E-state index contributed by atoms with van der Waals surface area (Å²) in [4.78, 5) is 15.7. The summed E-state index contributed by atoms with van der Waals surface area (Å²) >= 11 is 1.46. The van der Waals surface area contributed by atoms with Gasteiger partial charge in [0, 0.05) is 17.0 Å². The molecule has 0 spiro atoms. The number of nitrogen functional groups attached to an aromatic ring is 1. The van der Waals surface area contributed by atoms with Gasteiger partial charge < -0.3 is 15.6 Å². The SMILES string of the molecule is COc1ccc(N)cc1C12CCCC1CSC(NC(=O)O)=N2. The Morgan fingerprint density at radius 2 is 2.41 bits per heavy atom. The van der Waals surface area contributed by atoms with Gasteiger partial charge in [0.15, 0.2) is 5.17 Å². The molecule has 2 unspecified atom stereocenters. The van der Waals surface area contributed by atoms with Crippen molar-refractivity contribution in [1.82, 2.24) is 5.32 Å². The molecule has 1 fully saturated rings. The predicted molar refractivity (Wildman–Crippen MR) is 87.5 cm³/mol. The van der Waals surface area contributed by atoms with Crippen LogP contribution in [-0.2, 0) is 5.54 Å². The minimum Gasteiger partial charge on any atom is -0.496 e. The maximum atomic E-state index is 10.9. The van der Waals surface area contributed by atoms with Crippen LogP contribution in [0.3, 0.4) is 0 Å². The summed E-state index contributed by atoms with van der Waals surface area (Å²) in [7, 11) is 1.63. The van der Waals surface area contributed by atoms with Crippen molar-refractivity contribution in [2.75, 3.05) is 18.6 Å². The number of aliphatic imine (C=N–C) groups is 1. The molecule has 1 aliphatic carbocycles. The first-order valence-corrected chi connectivity index (χ1v) is 8.20. The minimum absolute atomic E-state index is 0.368. The quantitative estimate of drug-likeness (QED) is 0.728. The van der Waals surface area contributed by atoms with E-state index in [0.717, 1.165) is 36.3 Å². The van der Waals surface area contributed by atoms with Crippen molar-refractivity contribution in [3.05, 3.63) is 23.8 Å². The highest BCUT2D eigenvalue weighted by Gasteiger charge is 2.48. The van der Waals surface area contributed by atoms with E-state index in [2.05, 4.69) is 5.32 Å². The number of methoxy groups -OCH3 is 1. The fraction of sp³-hybridized carbons (Fsp3) is 0.467. The van der Waals surface area contributed by atoms with E-state index in [4.69, 9.17) is 20.6 Å². The Morgan fingerprint density at radius 1 is 1.59 bits per heavy atom. The summed E-state index contributed by atoms with van der Waals surface area (Å²) in [6, 6.07) is 5.58. The fourth-order valence-corrected chi connectivity index (χ4v) is 4.64. The number of hydrogen-bond acceptors (Lipinski definition) is 5. The summed E-state index contributed by atoms with van der Waals surface area (Å²) < 4.78 is 5.50. The monoisotopic (exact) mass is 321 g/mol. The number of carboxylic acid groups (broad SMARTS) is 1. The van der Waals surface area contributed by atoms with E-state index in [0.29, 0.717) is 16.8 Å². The Balaban J connectivity index is 2.11. The van der Waals surface area contributed by atoms with Crippen LogP contribution >= 0.6 is 11.8 Å². The van der Waals surface area contributed by atoms with E-state index in [9.17, 15) is 4.79 Å². The Kier molecular flexibility index (Phi) is 3.90. The second-order valence-corrected chi connectivity index (χ2v) is 6.64. The number of thioether (sulfide) groups is 1. The van der Waals surface area contributed by atoms with Crippen molar-refractivity contribution in [2.24, 2.45) is 10.9 Å². The third-order valence-corrected chi connectivity index (χ3v) is 5.45. The molecule has 22 heavy (non-hydrogen) atoms. The van der Waals surface area contributed by atoms with Gasteiger partial charge in [-0.3, -0.25) is 10.3 Å². The number of hydrogen-bond donors (Lipinski definition) is 3.